The van der Waals surface area contributed by atoms with Gasteiger partial charge in [-0.15, -0.1) is 0 Å². The summed E-state index contributed by atoms with van der Waals surface area (Å²) >= 11 is 3.51. The van der Waals surface area contributed by atoms with E-state index in [9.17, 15) is 9.59 Å². The molecule has 6 nitrogen and oxygen atoms in total. The summed E-state index contributed by atoms with van der Waals surface area (Å²) in [6.45, 7) is 0.165. The Morgan fingerprint density at radius 1 is 0.879 bits per heavy atom. The predicted octanol–water partition coefficient (Wildman–Crippen LogP) is 5.66. The lowest BCUT2D eigenvalue weighted by atomic mass is 10.1. The maximum atomic E-state index is 12.3. The van der Waals surface area contributed by atoms with E-state index in [2.05, 4.69) is 26.6 Å². The van der Waals surface area contributed by atoms with E-state index in [0.29, 0.717) is 29.3 Å². The second-order valence-corrected chi connectivity index (χ2v) is 8.04. The van der Waals surface area contributed by atoms with Crippen LogP contribution < -0.4 is 15.4 Å². The van der Waals surface area contributed by atoms with Crippen molar-refractivity contribution in [3.63, 3.8) is 0 Å². The molecule has 0 saturated heterocycles. The van der Waals surface area contributed by atoms with Gasteiger partial charge in [-0.2, -0.15) is 0 Å². The van der Waals surface area contributed by atoms with Gasteiger partial charge in [-0.3, -0.25) is 9.59 Å². The maximum absolute atomic E-state index is 12.3. The van der Waals surface area contributed by atoms with Gasteiger partial charge in [-0.05, 0) is 75.6 Å². The zero-order chi connectivity index (χ0) is 23.0. The molecule has 1 aromatic heterocycles. The highest BCUT2D eigenvalue weighted by molar-refractivity contribution is 9.10. The van der Waals surface area contributed by atoms with Crippen molar-refractivity contribution in [3.05, 3.63) is 107 Å². The highest BCUT2D eigenvalue weighted by Crippen LogP contribution is 2.30. The zero-order valence-corrected chi connectivity index (χ0v) is 19.2. The minimum Gasteiger partial charge on any atom is -0.483 e. The van der Waals surface area contributed by atoms with Gasteiger partial charge >= 0.3 is 0 Å². The number of benzene rings is 3. The van der Waals surface area contributed by atoms with Gasteiger partial charge in [0.25, 0.3) is 11.8 Å². The lowest BCUT2D eigenvalue weighted by molar-refractivity contribution is -0.118. The molecule has 0 spiro atoms. The Balaban J connectivity index is 1.28. The normalized spacial score (nSPS) is 10.5. The monoisotopic (exact) mass is 504 g/mol. The molecule has 0 unspecified atom stereocenters. The molecule has 0 bridgehead atoms. The number of amides is 2. The van der Waals surface area contributed by atoms with Crippen molar-refractivity contribution in [2.75, 3.05) is 11.9 Å². The number of hydrogen-bond acceptors (Lipinski definition) is 4. The van der Waals surface area contributed by atoms with Crippen molar-refractivity contribution < 1.29 is 18.7 Å². The third kappa shape index (κ3) is 6.11. The summed E-state index contributed by atoms with van der Waals surface area (Å²) in [6, 6.07) is 25.9. The second kappa shape index (κ2) is 10.7. The lowest BCUT2D eigenvalue weighted by Gasteiger charge is -2.11. The van der Waals surface area contributed by atoms with Crippen LogP contribution in [0.5, 0.6) is 5.75 Å². The van der Waals surface area contributed by atoms with Crippen LogP contribution in [-0.4, -0.2) is 18.4 Å². The first-order chi connectivity index (χ1) is 16.1. The first kappa shape index (κ1) is 22.4. The van der Waals surface area contributed by atoms with Crippen LogP contribution in [0.1, 0.15) is 16.1 Å². The number of hydrogen-bond donors (Lipinski definition) is 2. The Bertz CT molecular complexity index is 1220. The minimum atomic E-state index is -0.302. The fourth-order valence-electron chi connectivity index (χ4n) is 3.16. The summed E-state index contributed by atoms with van der Waals surface area (Å²) in [6.07, 6.45) is 1.56. The van der Waals surface area contributed by atoms with E-state index in [-0.39, 0.29) is 18.4 Å². The number of rotatable bonds is 8. The smallest absolute Gasteiger partial charge is 0.262 e. The molecule has 4 rings (SSSR count). The van der Waals surface area contributed by atoms with E-state index < -0.39 is 0 Å². The Morgan fingerprint density at radius 3 is 2.36 bits per heavy atom. The third-order valence-electron chi connectivity index (χ3n) is 4.83. The second-order valence-electron chi connectivity index (χ2n) is 7.19. The molecule has 0 aliphatic heterocycles. The van der Waals surface area contributed by atoms with E-state index in [4.69, 9.17) is 9.15 Å². The van der Waals surface area contributed by atoms with Gasteiger partial charge in [-0.1, -0.05) is 36.4 Å². The first-order valence-corrected chi connectivity index (χ1v) is 11.1. The number of anilines is 1. The molecule has 0 aliphatic rings. The molecule has 33 heavy (non-hydrogen) atoms. The van der Waals surface area contributed by atoms with Crippen LogP contribution in [0.4, 0.5) is 5.69 Å². The van der Waals surface area contributed by atoms with Gasteiger partial charge in [0.2, 0.25) is 0 Å². The van der Waals surface area contributed by atoms with Crippen molar-refractivity contribution in [3.8, 4) is 16.9 Å². The van der Waals surface area contributed by atoms with E-state index in [1.807, 2.05) is 48.5 Å². The van der Waals surface area contributed by atoms with E-state index in [1.165, 1.54) is 0 Å². The number of halogens is 1. The van der Waals surface area contributed by atoms with Crippen molar-refractivity contribution in [2.45, 2.75) is 6.54 Å². The van der Waals surface area contributed by atoms with E-state index in [0.717, 1.165) is 15.6 Å². The first-order valence-electron chi connectivity index (χ1n) is 10.3. The molecule has 7 heteroatoms. The Kier molecular flexibility index (Phi) is 7.22. The van der Waals surface area contributed by atoms with E-state index in [1.54, 1.807) is 42.7 Å². The molecule has 0 saturated carbocycles. The zero-order valence-electron chi connectivity index (χ0n) is 17.6. The summed E-state index contributed by atoms with van der Waals surface area (Å²) in [5.41, 5.74) is 3.20. The molecule has 0 atom stereocenters. The van der Waals surface area contributed by atoms with Crippen LogP contribution in [0.25, 0.3) is 11.1 Å². The number of carbonyl (C=O) groups is 2. The van der Waals surface area contributed by atoms with E-state index >= 15 is 0 Å². The average Bonchev–Trinajstić information content (AvgIpc) is 3.36. The topological polar surface area (TPSA) is 80.6 Å². The van der Waals surface area contributed by atoms with Crippen LogP contribution in [0.2, 0.25) is 0 Å². The number of ether oxygens (including phenoxy) is 1. The molecule has 166 valence electrons. The summed E-state index contributed by atoms with van der Waals surface area (Å²) < 4.78 is 11.6. The van der Waals surface area contributed by atoms with Gasteiger partial charge in [0.15, 0.2) is 6.61 Å². The molecule has 4 aromatic rings. The van der Waals surface area contributed by atoms with Crippen molar-refractivity contribution in [1.29, 1.82) is 0 Å². The molecular weight excluding hydrogens is 484 g/mol. The summed E-state index contributed by atoms with van der Waals surface area (Å²) in [5.74, 6) is 0.724. The third-order valence-corrected chi connectivity index (χ3v) is 5.45. The molecule has 0 fully saturated rings. The standard InChI is InChI=1S/C26H21BrN2O4/c27-23-15-20(18-5-2-1-3-6-18)10-13-24(23)33-17-25(30)29-21-11-8-19(9-12-21)26(31)28-16-22-7-4-14-32-22/h1-15H,16-17H2,(H,28,31)(H,29,30). The van der Waals surface area contributed by atoms with Gasteiger partial charge < -0.3 is 19.8 Å². The maximum Gasteiger partial charge on any atom is 0.262 e. The SMILES string of the molecule is O=C(COc1ccc(-c2ccccc2)cc1Br)Nc1ccc(C(=O)NCc2ccco2)cc1. The molecule has 1 heterocycles. The number of nitrogens with one attached hydrogen (secondary N) is 2. The van der Waals surface area contributed by atoms with Crippen molar-refractivity contribution >= 4 is 33.4 Å². The highest BCUT2D eigenvalue weighted by atomic mass is 79.9. The minimum absolute atomic E-state index is 0.144. The number of furan rings is 1. The van der Waals surface area contributed by atoms with Crippen molar-refractivity contribution in [1.82, 2.24) is 5.32 Å². The Labute approximate surface area is 199 Å². The Hall–Kier alpha value is -3.84. The molecular formula is C26H21BrN2O4. The highest BCUT2D eigenvalue weighted by Gasteiger charge is 2.10. The molecule has 2 N–H and O–H groups in total. The fourth-order valence-corrected chi connectivity index (χ4v) is 3.65. The van der Waals surface area contributed by atoms with Gasteiger partial charge in [-0.25, -0.2) is 0 Å². The number of carbonyl (C=O) groups excluding carboxylic acids is 2. The van der Waals surface area contributed by atoms with Crippen LogP contribution in [0.15, 0.2) is 100 Å². The van der Waals surface area contributed by atoms with Gasteiger partial charge in [0.05, 0.1) is 17.3 Å². The lowest BCUT2D eigenvalue weighted by Crippen LogP contribution is -2.23. The van der Waals surface area contributed by atoms with Crippen molar-refractivity contribution in [2.24, 2.45) is 0 Å². The van der Waals surface area contributed by atoms with Gasteiger partial charge in [0.1, 0.15) is 11.5 Å². The van der Waals surface area contributed by atoms with Crippen LogP contribution in [0.3, 0.4) is 0 Å². The molecule has 0 radical (unpaired) electrons. The average molecular weight is 505 g/mol. The summed E-state index contributed by atoms with van der Waals surface area (Å²) in [5, 5.41) is 5.54. The van der Waals surface area contributed by atoms with Crippen LogP contribution in [-0.2, 0) is 11.3 Å². The van der Waals surface area contributed by atoms with Crippen LogP contribution >= 0.6 is 15.9 Å². The fraction of sp³-hybridized carbons (Fsp3) is 0.0769. The summed E-state index contributed by atoms with van der Waals surface area (Å²) in [4.78, 5) is 24.5. The quantitative estimate of drug-likeness (QED) is 0.324. The van der Waals surface area contributed by atoms with Crippen LogP contribution in [0, 0.1) is 0 Å². The van der Waals surface area contributed by atoms with Gasteiger partial charge in [0, 0.05) is 11.3 Å². The predicted molar refractivity (Wildman–Crippen MR) is 130 cm³/mol. The molecule has 3 aromatic carbocycles. The largest absolute Gasteiger partial charge is 0.483 e. The summed E-state index contributed by atoms with van der Waals surface area (Å²) in [7, 11) is 0. The Morgan fingerprint density at radius 2 is 1.67 bits per heavy atom. The molecule has 0 aliphatic carbocycles. The molecule has 2 amide bonds.